The van der Waals surface area contributed by atoms with Crippen molar-refractivity contribution in [1.29, 1.82) is 0 Å². The van der Waals surface area contributed by atoms with Gasteiger partial charge in [-0.25, -0.2) is 8.78 Å². The van der Waals surface area contributed by atoms with Gasteiger partial charge >= 0.3 is 0 Å². The van der Waals surface area contributed by atoms with Crippen LogP contribution in [-0.2, 0) is 0 Å². The Bertz CT molecular complexity index is 299. The monoisotopic (exact) mass is 213 g/mol. The minimum Gasteiger partial charge on any atom is -0.311 e. The molecule has 4 fully saturated rings. The minimum atomic E-state index is -2.32. The van der Waals surface area contributed by atoms with E-state index in [9.17, 15) is 8.78 Å². The summed E-state index contributed by atoms with van der Waals surface area (Å²) in [4.78, 5) is 0. The van der Waals surface area contributed by atoms with Crippen molar-refractivity contribution >= 4 is 0 Å². The lowest BCUT2D eigenvalue weighted by Gasteiger charge is -2.29. The molecule has 4 aliphatic rings. The van der Waals surface area contributed by atoms with Gasteiger partial charge in [-0.3, -0.25) is 0 Å². The summed E-state index contributed by atoms with van der Waals surface area (Å²) in [5.74, 6) is -2.19. The van der Waals surface area contributed by atoms with Crippen molar-refractivity contribution < 1.29 is 8.78 Å². The van der Waals surface area contributed by atoms with E-state index in [0.717, 1.165) is 38.5 Å². The van der Waals surface area contributed by atoms with Gasteiger partial charge in [0, 0.05) is 23.4 Å². The summed E-state index contributed by atoms with van der Waals surface area (Å²) in [5.41, 5.74) is -0.564. The Morgan fingerprint density at radius 1 is 0.933 bits per heavy atom. The number of rotatable bonds is 1. The lowest BCUT2D eigenvalue weighted by atomic mass is 9.85. The second-order valence-corrected chi connectivity index (χ2v) is 6.14. The standard InChI is InChI=1S/C12H17F2N/c13-12(14)10(7-1-2-7)11(12)5-8-3-4-9(6-11)15-8/h7-10,15H,1-6H2/t8-,9?,10?,11?/m1/s1. The van der Waals surface area contributed by atoms with Gasteiger partial charge in [-0.05, 0) is 44.4 Å². The van der Waals surface area contributed by atoms with E-state index in [1.165, 1.54) is 0 Å². The Kier molecular flexibility index (Phi) is 1.42. The number of hydrogen-bond donors (Lipinski definition) is 1. The van der Waals surface area contributed by atoms with Gasteiger partial charge in [0.1, 0.15) is 0 Å². The highest BCUT2D eigenvalue weighted by Gasteiger charge is 2.83. The molecule has 15 heavy (non-hydrogen) atoms. The molecule has 4 atom stereocenters. The average Bonchev–Trinajstić information content (AvgIpc) is 3.01. The highest BCUT2D eigenvalue weighted by atomic mass is 19.3. The van der Waals surface area contributed by atoms with Gasteiger partial charge in [0.05, 0.1) is 0 Å². The second kappa shape index (κ2) is 2.39. The maximum Gasteiger partial charge on any atom is 0.258 e. The highest BCUT2D eigenvalue weighted by Crippen LogP contribution is 2.77. The van der Waals surface area contributed by atoms with E-state index >= 15 is 0 Å². The smallest absolute Gasteiger partial charge is 0.258 e. The summed E-state index contributed by atoms with van der Waals surface area (Å²) in [7, 11) is 0. The molecule has 2 aliphatic heterocycles. The molecule has 1 N–H and O–H groups in total. The Morgan fingerprint density at radius 3 is 2.07 bits per heavy atom. The Morgan fingerprint density at radius 2 is 1.53 bits per heavy atom. The number of hydrogen-bond acceptors (Lipinski definition) is 1. The predicted molar refractivity (Wildman–Crippen MR) is 52.8 cm³/mol. The Balaban J connectivity index is 1.65. The molecular weight excluding hydrogens is 196 g/mol. The molecular formula is C12H17F2N. The van der Waals surface area contributed by atoms with E-state index in [1.807, 2.05) is 0 Å². The topological polar surface area (TPSA) is 12.0 Å². The molecule has 4 rings (SSSR count). The van der Waals surface area contributed by atoms with Crippen LogP contribution in [0.3, 0.4) is 0 Å². The SMILES string of the molecule is FC1(F)C(C2CC2)C12CC1CC[C@H](C2)N1. The fraction of sp³-hybridized carbons (Fsp3) is 1.00. The molecule has 2 heterocycles. The number of piperidine rings is 1. The molecule has 0 aromatic carbocycles. The van der Waals surface area contributed by atoms with Gasteiger partial charge in [0.15, 0.2) is 0 Å². The number of halogens is 2. The third-order valence-corrected chi connectivity index (χ3v) is 5.22. The largest absolute Gasteiger partial charge is 0.311 e. The Hall–Kier alpha value is -0.180. The van der Waals surface area contributed by atoms with Crippen molar-refractivity contribution in [2.24, 2.45) is 17.3 Å². The number of alkyl halides is 2. The first kappa shape index (κ1) is 8.91. The molecule has 0 amide bonds. The predicted octanol–water partition coefficient (Wildman–Crippen LogP) is 2.56. The van der Waals surface area contributed by atoms with Gasteiger partial charge in [-0.1, -0.05) is 0 Å². The van der Waals surface area contributed by atoms with Gasteiger partial charge in [0.2, 0.25) is 0 Å². The van der Waals surface area contributed by atoms with Crippen LogP contribution in [0.4, 0.5) is 8.78 Å². The van der Waals surface area contributed by atoms with Crippen molar-refractivity contribution in [1.82, 2.24) is 5.32 Å². The first-order valence-corrected chi connectivity index (χ1v) is 6.27. The van der Waals surface area contributed by atoms with Crippen LogP contribution in [0.1, 0.15) is 38.5 Å². The van der Waals surface area contributed by atoms with Crippen molar-refractivity contribution in [2.75, 3.05) is 0 Å². The maximum absolute atomic E-state index is 14.0. The maximum atomic E-state index is 14.0. The third kappa shape index (κ3) is 0.961. The van der Waals surface area contributed by atoms with Crippen molar-refractivity contribution in [3.8, 4) is 0 Å². The second-order valence-electron chi connectivity index (χ2n) is 6.14. The average molecular weight is 213 g/mol. The quantitative estimate of drug-likeness (QED) is 0.706. The van der Waals surface area contributed by atoms with Gasteiger partial charge in [-0.15, -0.1) is 0 Å². The molecule has 2 bridgehead atoms. The Labute approximate surface area is 88.6 Å². The lowest BCUT2D eigenvalue weighted by Crippen LogP contribution is -2.41. The summed E-state index contributed by atoms with van der Waals surface area (Å²) in [6, 6.07) is 0.803. The molecule has 0 aromatic rings. The summed E-state index contributed by atoms with van der Waals surface area (Å²) >= 11 is 0. The van der Waals surface area contributed by atoms with Crippen LogP contribution in [0.25, 0.3) is 0 Å². The fourth-order valence-electron chi connectivity index (χ4n) is 4.43. The van der Waals surface area contributed by atoms with Crippen LogP contribution in [0.5, 0.6) is 0 Å². The molecule has 84 valence electrons. The van der Waals surface area contributed by atoms with Gasteiger partial charge < -0.3 is 5.32 Å². The van der Waals surface area contributed by atoms with E-state index in [2.05, 4.69) is 5.32 Å². The summed E-state index contributed by atoms with van der Waals surface area (Å²) in [5, 5.41) is 3.47. The summed E-state index contributed by atoms with van der Waals surface area (Å²) in [6.45, 7) is 0. The summed E-state index contributed by atoms with van der Waals surface area (Å²) in [6.07, 6.45) is 5.87. The third-order valence-electron chi connectivity index (χ3n) is 5.22. The van der Waals surface area contributed by atoms with Crippen LogP contribution in [-0.4, -0.2) is 18.0 Å². The molecule has 1 spiro atoms. The van der Waals surface area contributed by atoms with E-state index in [-0.39, 0.29) is 5.92 Å². The van der Waals surface area contributed by atoms with Crippen LogP contribution < -0.4 is 5.32 Å². The molecule has 3 heteroatoms. The first-order valence-electron chi connectivity index (χ1n) is 6.27. The van der Waals surface area contributed by atoms with Crippen LogP contribution in [0.2, 0.25) is 0 Å². The zero-order chi connectivity index (χ0) is 10.3. The number of fused-ring (bicyclic) bond motifs is 2. The first-order chi connectivity index (χ1) is 7.13. The lowest BCUT2D eigenvalue weighted by molar-refractivity contribution is 0.0378. The summed E-state index contributed by atoms with van der Waals surface area (Å²) < 4.78 is 27.9. The molecule has 2 saturated carbocycles. The molecule has 1 nitrogen and oxygen atoms in total. The van der Waals surface area contributed by atoms with Gasteiger partial charge in [0.25, 0.3) is 5.92 Å². The molecule has 3 unspecified atom stereocenters. The fourth-order valence-corrected chi connectivity index (χ4v) is 4.43. The van der Waals surface area contributed by atoms with Crippen molar-refractivity contribution in [3.63, 3.8) is 0 Å². The minimum absolute atomic E-state index is 0.241. The van der Waals surface area contributed by atoms with Gasteiger partial charge in [-0.2, -0.15) is 0 Å². The molecule has 0 aromatic heterocycles. The van der Waals surface area contributed by atoms with Crippen LogP contribution in [0, 0.1) is 17.3 Å². The zero-order valence-electron chi connectivity index (χ0n) is 8.81. The normalized spacial score (nSPS) is 56.0. The van der Waals surface area contributed by atoms with Crippen molar-refractivity contribution in [2.45, 2.75) is 56.5 Å². The molecule has 2 saturated heterocycles. The van der Waals surface area contributed by atoms with Crippen LogP contribution in [0.15, 0.2) is 0 Å². The van der Waals surface area contributed by atoms with Crippen LogP contribution >= 0.6 is 0 Å². The molecule has 2 aliphatic carbocycles. The number of nitrogens with one attached hydrogen (secondary N) is 1. The van der Waals surface area contributed by atoms with Crippen molar-refractivity contribution in [3.05, 3.63) is 0 Å². The highest BCUT2D eigenvalue weighted by molar-refractivity contribution is 5.25. The molecule has 0 radical (unpaired) electrons. The van der Waals surface area contributed by atoms with E-state index in [1.54, 1.807) is 0 Å². The van der Waals surface area contributed by atoms with E-state index in [4.69, 9.17) is 0 Å². The van der Waals surface area contributed by atoms with E-state index < -0.39 is 11.3 Å². The van der Waals surface area contributed by atoms with E-state index in [0.29, 0.717) is 18.0 Å². The zero-order valence-corrected chi connectivity index (χ0v) is 8.81.